The minimum Gasteiger partial charge on any atom is -0.390 e. The average molecular weight is 268 g/mol. The Morgan fingerprint density at radius 1 is 1.05 bits per heavy atom. The second-order valence-electron chi connectivity index (χ2n) is 4.62. The van der Waals surface area contributed by atoms with Crippen molar-refractivity contribution in [1.29, 1.82) is 0 Å². The fourth-order valence-electron chi connectivity index (χ4n) is 2.29. The van der Waals surface area contributed by atoms with Crippen molar-refractivity contribution in [3.05, 3.63) is 59.7 Å². The number of hydrogen-bond acceptors (Lipinski definition) is 3. The molecule has 0 unspecified atom stereocenters. The van der Waals surface area contributed by atoms with Gasteiger partial charge < -0.3 is 5.11 Å². The standard InChI is InChI=1S/C16H13FN2O/c1-10-8-11(9-20)19-16(18-10)14-6-7-15(17)13-5-3-2-4-12(13)14/h2-8,20H,9H2,1H3. The van der Waals surface area contributed by atoms with Gasteiger partial charge in [0, 0.05) is 16.6 Å². The van der Waals surface area contributed by atoms with Crippen LogP contribution in [0.15, 0.2) is 42.5 Å². The molecule has 2 aromatic carbocycles. The number of benzene rings is 2. The second kappa shape index (κ2) is 4.98. The van der Waals surface area contributed by atoms with E-state index in [0.717, 1.165) is 16.6 Å². The number of hydrogen-bond donors (Lipinski definition) is 1. The molecule has 0 bridgehead atoms. The molecule has 0 aliphatic heterocycles. The van der Waals surface area contributed by atoms with Crippen molar-refractivity contribution in [2.75, 3.05) is 0 Å². The van der Waals surface area contributed by atoms with Gasteiger partial charge in [-0.15, -0.1) is 0 Å². The summed E-state index contributed by atoms with van der Waals surface area (Å²) in [6, 6.07) is 12.1. The van der Waals surface area contributed by atoms with Crippen molar-refractivity contribution >= 4 is 10.8 Å². The Kier molecular flexibility index (Phi) is 3.16. The molecule has 0 aliphatic rings. The zero-order valence-corrected chi connectivity index (χ0v) is 11.0. The highest BCUT2D eigenvalue weighted by Crippen LogP contribution is 2.28. The number of aryl methyl sites for hydroxylation is 1. The van der Waals surface area contributed by atoms with E-state index in [-0.39, 0.29) is 12.4 Å². The van der Waals surface area contributed by atoms with Crippen molar-refractivity contribution in [1.82, 2.24) is 9.97 Å². The van der Waals surface area contributed by atoms with Gasteiger partial charge in [0.25, 0.3) is 0 Å². The molecule has 0 fully saturated rings. The van der Waals surface area contributed by atoms with Crippen LogP contribution in [0.2, 0.25) is 0 Å². The first-order valence-electron chi connectivity index (χ1n) is 6.32. The fraction of sp³-hybridized carbons (Fsp3) is 0.125. The number of fused-ring (bicyclic) bond motifs is 1. The molecule has 0 saturated heterocycles. The van der Waals surface area contributed by atoms with Crippen LogP contribution in [-0.2, 0) is 6.61 Å². The van der Waals surface area contributed by atoms with E-state index in [1.165, 1.54) is 6.07 Å². The smallest absolute Gasteiger partial charge is 0.160 e. The van der Waals surface area contributed by atoms with Gasteiger partial charge in [0.15, 0.2) is 5.82 Å². The normalized spacial score (nSPS) is 10.9. The highest BCUT2D eigenvalue weighted by molar-refractivity contribution is 5.95. The van der Waals surface area contributed by atoms with E-state index in [9.17, 15) is 9.50 Å². The average Bonchev–Trinajstić information content (AvgIpc) is 2.47. The van der Waals surface area contributed by atoms with Crippen LogP contribution < -0.4 is 0 Å². The van der Waals surface area contributed by atoms with E-state index >= 15 is 0 Å². The number of rotatable bonds is 2. The number of aliphatic hydroxyl groups excluding tert-OH is 1. The van der Waals surface area contributed by atoms with E-state index in [1.807, 2.05) is 19.1 Å². The molecule has 3 aromatic rings. The summed E-state index contributed by atoms with van der Waals surface area (Å²) in [7, 11) is 0. The maximum absolute atomic E-state index is 13.8. The van der Waals surface area contributed by atoms with Crippen LogP contribution in [0.3, 0.4) is 0 Å². The molecule has 0 amide bonds. The lowest BCUT2D eigenvalue weighted by Crippen LogP contribution is -1.98. The molecule has 4 heteroatoms. The molecule has 1 aromatic heterocycles. The van der Waals surface area contributed by atoms with Gasteiger partial charge in [0.05, 0.1) is 12.3 Å². The van der Waals surface area contributed by atoms with Crippen LogP contribution in [0.5, 0.6) is 0 Å². The third-order valence-corrected chi connectivity index (χ3v) is 3.18. The van der Waals surface area contributed by atoms with Gasteiger partial charge in [0.1, 0.15) is 5.82 Å². The Bertz CT molecular complexity index is 787. The molecule has 3 rings (SSSR count). The Hall–Kier alpha value is -2.33. The van der Waals surface area contributed by atoms with Crippen molar-refractivity contribution in [2.24, 2.45) is 0 Å². The number of aromatic nitrogens is 2. The van der Waals surface area contributed by atoms with Crippen molar-refractivity contribution in [2.45, 2.75) is 13.5 Å². The Morgan fingerprint density at radius 3 is 2.55 bits per heavy atom. The van der Waals surface area contributed by atoms with Gasteiger partial charge in [0.2, 0.25) is 0 Å². The molecule has 0 radical (unpaired) electrons. The first-order chi connectivity index (χ1) is 9.69. The minimum atomic E-state index is -0.264. The predicted octanol–water partition coefficient (Wildman–Crippen LogP) is 3.24. The zero-order valence-electron chi connectivity index (χ0n) is 11.0. The van der Waals surface area contributed by atoms with Crippen LogP contribution in [-0.4, -0.2) is 15.1 Å². The summed E-state index contributed by atoms with van der Waals surface area (Å²) in [6.07, 6.45) is 0. The largest absolute Gasteiger partial charge is 0.390 e. The fourth-order valence-corrected chi connectivity index (χ4v) is 2.29. The van der Waals surface area contributed by atoms with Gasteiger partial charge >= 0.3 is 0 Å². The molecule has 0 saturated carbocycles. The van der Waals surface area contributed by atoms with E-state index in [4.69, 9.17) is 0 Å². The minimum absolute atomic E-state index is 0.143. The first kappa shape index (κ1) is 12.7. The Balaban J connectivity index is 2.30. The molecule has 0 aliphatic carbocycles. The van der Waals surface area contributed by atoms with Crippen LogP contribution in [0.1, 0.15) is 11.4 Å². The van der Waals surface area contributed by atoms with Crippen LogP contribution in [0.25, 0.3) is 22.2 Å². The quantitative estimate of drug-likeness (QED) is 0.776. The number of aliphatic hydroxyl groups is 1. The molecule has 100 valence electrons. The lowest BCUT2D eigenvalue weighted by molar-refractivity contribution is 0.276. The second-order valence-corrected chi connectivity index (χ2v) is 4.62. The van der Waals surface area contributed by atoms with Gasteiger partial charge in [-0.1, -0.05) is 24.3 Å². The van der Waals surface area contributed by atoms with Gasteiger partial charge in [-0.3, -0.25) is 0 Å². The van der Waals surface area contributed by atoms with E-state index in [1.54, 1.807) is 24.3 Å². The molecule has 0 atom stereocenters. The summed E-state index contributed by atoms with van der Waals surface area (Å²) >= 11 is 0. The van der Waals surface area contributed by atoms with E-state index in [2.05, 4.69) is 9.97 Å². The summed E-state index contributed by atoms with van der Waals surface area (Å²) in [5, 5.41) is 10.5. The monoisotopic (exact) mass is 268 g/mol. The predicted molar refractivity (Wildman–Crippen MR) is 75.6 cm³/mol. The SMILES string of the molecule is Cc1cc(CO)nc(-c2ccc(F)c3ccccc23)n1. The first-order valence-corrected chi connectivity index (χ1v) is 6.32. The number of halogens is 1. The maximum atomic E-state index is 13.8. The highest BCUT2D eigenvalue weighted by atomic mass is 19.1. The van der Waals surface area contributed by atoms with Crippen molar-refractivity contribution < 1.29 is 9.50 Å². The van der Waals surface area contributed by atoms with Gasteiger partial charge in [-0.05, 0) is 30.5 Å². The van der Waals surface area contributed by atoms with Crippen molar-refractivity contribution in [3.8, 4) is 11.4 Å². The molecule has 20 heavy (non-hydrogen) atoms. The molecule has 1 heterocycles. The molecule has 3 nitrogen and oxygen atoms in total. The molecule has 1 N–H and O–H groups in total. The van der Waals surface area contributed by atoms with Crippen LogP contribution in [0.4, 0.5) is 4.39 Å². The summed E-state index contributed by atoms with van der Waals surface area (Å²) in [5.74, 6) is 0.240. The topological polar surface area (TPSA) is 46.0 Å². The lowest BCUT2D eigenvalue weighted by Gasteiger charge is -2.08. The van der Waals surface area contributed by atoms with E-state index in [0.29, 0.717) is 16.9 Å². The summed E-state index contributed by atoms with van der Waals surface area (Å²) in [6.45, 7) is 1.70. The molecular weight excluding hydrogens is 255 g/mol. The Morgan fingerprint density at radius 2 is 1.80 bits per heavy atom. The molecular formula is C16H13FN2O. The third-order valence-electron chi connectivity index (χ3n) is 3.18. The Labute approximate surface area is 115 Å². The highest BCUT2D eigenvalue weighted by Gasteiger charge is 2.10. The third kappa shape index (κ3) is 2.14. The number of nitrogens with zero attached hydrogens (tertiary/aromatic N) is 2. The van der Waals surface area contributed by atoms with Gasteiger partial charge in [-0.25, -0.2) is 14.4 Å². The summed E-state index contributed by atoms with van der Waals surface area (Å²) in [5.41, 5.74) is 2.09. The van der Waals surface area contributed by atoms with Crippen LogP contribution in [0, 0.1) is 12.7 Å². The van der Waals surface area contributed by atoms with Crippen LogP contribution >= 0.6 is 0 Å². The maximum Gasteiger partial charge on any atom is 0.160 e. The van der Waals surface area contributed by atoms with E-state index < -0.39 is 0 Å². The molecule has 0 spiro atoms. The zero-order chi connectivity index (χ0) is 14.1. The lowest BCUT2D eigenvalue weighted by atomic mass is 10.0. The summed E-state index contributed by atoms with van der Waals surface area (Å²) < 4.78 is 13.8. The van der Waals surface area contributed by atoms with Crippen molar-refractivity contribution in [3.63, 3.8) is 0 Å². The van der Waals surface area contributed by atoms with Gasteiger partial charge in [-0.2, -0.15) is 0 Å². The summed E-state index contributed by atoms with van der Waals surface area (Å²) in [4.78, 5) is 8.71.